The van der Waals surface area contributed by atoms with Gasteiger partial charge in [0.1, 0.15) is 17.2 Å². The maximum absolute atomic E-state index is 12.5. The lowest BCUT2D eigenvalue weighted by atomic mass is 9.45. The molecular formula is C19H26N2O2. The van der Waals surface area contributed by atoms with Crippen molar-refractivity contribution in [3.63, 3.8) is 0 Å². The molecule has 23 heavy (non-hydrogen) atoms. The quantitative estimate of drug-likeness (QED) is 0.734. The Morgan fingerprint density at radius 2 is 1.87 bits per heavy atom. The first kappa shape index (κ1) is 14.2. The van der Waals surface area contributed by atoms with E-state index in [1.54, 1.807) is 0 Å². The highest BCUT2D eigenvalue weighted by molar-refractivity contribution is 5.87. The SMILES string of the molecule is CC12CCC3C(CC[C@H]4Cc5nonc5CC34C)C1CCC2=O. The molecule has 3 fully saturated rings. The number of rotatable bonds is 0. The summed E-state index contributed by atoms with van der Waals surface area (Å²) in [7, 11) is 0. The number of fused-ring (bicyclic) bond motifs is 6. The summed E-state index contributed by atoms with van der Waals surface area (Å²) in [5.74, 6) is 3.37. The molecule has 0 saturated heterocycles. The third-order valence-corrected chi connectivity index (χ3v) is 8.40. The molecular weight excluding hydrogens is 288 g/mol. The van der Waals surface area contributed by atoms with E-state index in [1.807, 2.05) is 0 Å². The Kier molecular flexibility index (Phi) is 2.75. The summed E-state index contributed by atoms with van der Waals surface area (Å²) < 4.78 is 5.01. The van der Waals surface area contributed by atoms with Gasteiger partial charge in [-0.1, -0.05) is 24.2 Å². The minimum absolute atomic E-state index is 0.0142. The number of carbonyl (C=O) groups excluding carboxylic acids is 1. The highest BCUT2D eigenvalue weighted by Gasteiger charge is 2.60. The fourth-order valence-electron chi connectivity index (χ4n) is 7.02. The number of aromatic nitrogens is 2. The lowest BCUT2D eigenvalue weighted by Crippen LogP contribution is -2.54. The second-order valence-corrected chi connectivity index (χ2v) is 9.11. The third-order valence-electron chi connectivity index (χ3n) is 8.40. The van der Waals surface area contributed by atoms with Gasteiger partial charge in [-0.15, -0.1) is 0 Å². The lowest BCUT2D eigenvalue weighted by molar-refractivity contribution is -0.136. The predicted octanol–water partition coefficient (Wildman–Crippen LogP) is 3.60. The summed E-state index contributed by atoms with van der Waals surface area (Å²) in [5.41, 5.74) is 2.50. The number of carbonyl (C=O) groups is 1. The van der Waals surface area contributed by atoms with Crippen LogP contribution in [0.1, 0.15) is 63.8 Å². The van der Waals surface area contributed by atoms with Crippen LogP contribution in [0.2, 0.25) is 0 Å². The Morgan fingerprint density at radius 1 is 1.04 bits per heavy atom. The zero-order chi connectivity index (χ0) is 15.8. The van der Waals surface area contributed by atoms with E-state index < -0.39 is 0 Å². The molecule has 1 heterocycles. The van der Waals surface area contributed by atoms with Crippen molar-refractivity contribution in [2.75, 3.05) is 0 Å². The molecule has 4 aliphatic rings. The second-order valence-electron chi connectivity index (χ2n) is 9.11. The van der Waals surface area contributed by atoms with E-state index in [0.29, 0.717) is 23.0 Å². The number of hydrogen-bond donors (Lipinski definition) is 0. The summed E-state index contributed by atoms with van der Waals surface area (Å²) in [5, 5.41) is 8.31. The van der Waals surface area contributed by atoms with Gasteiger partial charge in [0.25, 0.3) is 0 Å². The van der Waals surface area contributed by atoms with Crippen molar-refractivity contribution in [1.82, 2.24) is 10.3 Å². The van der Waals surface area contributed by atoms with Gasteiger partial charge in [0.2, 0.25) is 0 Å². The predicted molar refractivity (Wildman–Crippen MR) is 84.6 cm³/mol. The zero-order valence-electron chi connectivity index (χ0n) is 14.2. The maximum atomic E-state index is 12.5. The minimum Gasteiger partial charge on any atom is -0.299 e. The van der Waals surface area contributed by atoms with Gasteiger partial charge in [-0.25, -0.2) is 4.63 Å². The van der Waals surface area contributed by atoms with Crippen LogP contribution in [-0.2, 0) is 17.6 Å². The number of Topliss-reactive ketones (excluding diaryl/α,β-unsaturated/α-hetero) is 1. The van der Waals surface area contributed by atoms with Gasteiger partial charge in [-0.05, 0) is 67.6 Å². The van der Waals surface area contributed by atoms with E-state index in [2.05, 4.69) is 24.2 Å². The summed E-state index contributed by atoms with van der Waals surface area (Å²) >= 11 is 0. The van der Waals surface area contributed by atoms with Crippen molar-refractivity contribution in [2.24, 2.45) is 34.5 Å². The van der Waals surface area contributed by atoms with E-state index in [-0.39, 0.29) is 5.41 Å². The van der Waals surface area contributed by atoms with Gasteiger partial charge in [-0.3, -0.25) is 4.79 Å². The molecule has 4 aliphatic carbocycles. The number of nitrogens with zero attached hydrogens (tertiary/aromatic N) is 2. The molecule has 0 amide bonds. The Hall–Kier alpha value is -1.19. The molecule has 4 heteroatoms. The monoisotopic (exact) mass is 314 g/mol. The lowest BCUT2D eigenvalue weighted by Gasteiger charge is -2.58. The van der Waals surface area contributed by atoms with Gasteiger partial charge in [0.15, 0.2) is 0 Å². The maximum Gasteiger partial charge on any atom is 0.139 e. The molecule has 0 N–H and O–H groups in total. The van der Waals surface area contributed by atoms with Crippen LogP contribution in [0.4, 0.5) is 0 Å². The van der Waals surface area contributed by atoms with Crippen molar-refractivity contribution < 1.29 is 9.42 Å². The van der Waals surface area contributed by atoms with Crippen molar-refractivity contribution in [3.8, 4) is 0 Å². The van der Waals surface area contributed by atoms with E-state index in [0.717, 1.165) is 55.3 Å². The van der Waals surface area contributed by atoms with E-state index >= 15 is 0 Å². The Balaban J connectivity index is 1.51. The van der Waals surface area contributed by atoms with Gasteiger partial charge in [-0.2, -0.15) is 0 Å². The van der Waals surface area contributed by atoms with Crippen LogP contribution in [0.25, 0.3) is 0 Å². The molecule has 6 atom stereocenters. The first-order valence-corrected chi connectivity index (χ1v) is 9.36. The number of ketones is 1. The summed E-state index contributed by atoms with van der Waals surface area (Å²) in [6.07, 6.45) is 8.93. The van der Waals surface area contributed by atoms with Crippen molar-refractivity contribution in [1.29, 1.82) is 0 Å². The van der Waals surface area contributed by atoms with E-state index in [4.69, 9.17) is 4.63 Å². The first-order valence-electron chi connectivity index (χ1n) is 9.36. The summed E-state index contributed by atoms with van der Waals surface area (Å²) in [4.78, 5) is 12.5. The minimum atomic E-state index is -0.0142. The molecule has 5 unspecified atom stereocenters. The molecule has 5 rings (SSSR count). The standard InChI is InChI=1S/C19H26N2O2/c1-18-8-7-14-12(13(18)5-6-17(18)22)4-3-11-9-15-16(21-23-20-15)10-19(11,14)2/h11-14H,3-10H2,1-2H3/t11-,12?,13?,14?,18?,19?/m0/s1. The fraction of sp³-hybridized carbons (Fsp3) is 0.842. The molecule has 3 saturated carbocycles. The molecule has 0 spiro atoms. The molecule has 0 aliphatic heterocycles. The van der Waals surface area contributed by atoms with Crippen molar-refractivity contribution >= 4 is 5.78 Å². The van der Waals surface area contributed by atoms with Gasteiger partial charge >= 0.3 is 0 Å². The molecule has 1 aromatic heterocycles. The highest BCUT2D eigenvalue weighted by Crippen LogP contribution is 2.64. The van der Waals surface area contributed by atoms with Crippen LogP contribution in [0.15, 0.2) is 4.63 Å². The van der Waals surface area contributed by atoms with Crippen molar-refractivity contribution in [3.05, 3.63) is 11.4 Å². The van der Waals surface area contributed by atoms with Gasteiger partial charge in [0, 0.05) is 18.3 Å². The van der Waals surface area contributed by atoms with Crippen LogP contribution >= 0.6 is 0 Å². The smallest absolute Gasteiger partial charge is 0.139 e. The van der Waals surface area contributed by atoms with Crippen LogP contribution in [0.5, 0.6) is 0 Å². The summed E-state index contributed by atoms with van der Waals surface area (Å²) in [6.45, 7) is 4.75. The normalized spacial score (nSPS) is 48.3. The second kappa shape index (κ2) is 4.46. The van der Waals surface area contributed by atoms with Crippen molar-refractivity contribution in [2.45, 2.75) is 65.2 Å². The number of hydrogen-bond acceptors (Lipinski definition) is 4. The molecule has 124 valence electrons. The average Bonchev–Trinajstić information content (AvgIpc) is 3.08. The third kappa shape index (κ3) is 1.70. The Morgan fingerprint density at radius 3 is 2.74 bits per heavy atom. The van der Waals surface area contributed by atoms with Gasteiger partial charge < -0.3 is 0 Å². The fourth-order valence-corrected chi connectivity index (χ4v) is 7.02. The van der Waals surface area contributed by atoms with E-state index in [1.165, 1.54) is 19.3 Å². The highest BCUT2D eigenvalue weighted by atomic mass is 16.6. The van der Waals surface area contributed by atoms with Crippen LogP contribution < -0.4 is 0 Å². The van der Waals surface area contributed by atoms with E-state index in [9.17, 15) is 4.79 Å². The molecule has 4 nitrogen and oxygen atoms in total. The summed E-state index contributed by atoms with van der Waals surface area (Å²) in [6, 6.07) is 0. The van der Waals surface area contributed by atoms with Crippen LogP contribution in [0, 0.1) is 34.5 Å². The molecule has 0 aromatic carbocycles. The molecule has 1 aromatic rings. The average molecular weight is 314 g/mol. The van der Waals surface area contributed by atoms with Gasteiger partial charge in [0.05, 0.1) is 0 Å². The Bertz CT molecular complexity index is 668. The first-order chi connectivity index (χ1) is 11.0. The largest absolute Gasteiger partial charge is 0.299 e. The molecule has 0 bridgehead atoms. The Labute approximate surface area is 137 Å². The molecule has 0 radical (unpaired) electrons. The topological polar surface area (TPSA) is 56.0 Å². The van der Waals surface area contributed by atoms with Crippen LogP contribution in [-0.4, -0.2) is 16.1 Å². The van der Waals surface area contributed by atoms with Crippen LogP contribution in [0.3, 0.4) is 0 Å². The zero-order valence-corrected chi connectivity index (χ0v) is 14.2.